The fourth-order valence-corrected chi connectivity index (χ4v) is 2.97. The Bertz CT molecular complexity index is 857. The minimum Gasteiger partial charge on any atom is -0.362 e. The van der Waals surface area contributed by atoms with Crippen LogP contribution < -0.4 is 10.6 Å². The van der Waals surface area contributed by atoms with Crippen LogP contribution in [0.2, 0.25) is 5.15 Å². The van der Waals surface area contributed by atoms with Gasteiger partial charge in [0.2, 0.25) is 5.95 Å². The predicted octanol–water partition coefficient (Wildman–Crippen LogP) is 3.01. The monoisotopic (exact) mass is 436 g/mol. The van der Waals surface area contributed by atoms with Gasteiger partial charge >= 0.3 is 0 Å². The van der Waals surface area contributed by atoms with E-state index < -0.39 is 30.5 Å². The molecule has 2 aromatic rings. The van der Waals surface area contributed by atoms with Gasteiger partial charge in [-0.15, -0.1) is 12.4 Å². The molecule has 0 radical (unpaired) electrons. The number of rotatable bonds is 4. The molecule has 1 saturated heterocycles. The summed E-state index contributed by atoms with van der Waals surface area (Å²) >= 11 is 6.06. The Balaban J connectivity index is 0.00000280. The summed E-state index contributed by atoms with van der Waals surface area (Å²) in [4.78, 5) is 19.4. The highest BCUT2D eigenvalue weighted by molar-refractivity contribution is 6.29. The maximum Gasteiger partial charge on any atom is 0.269 e. The molecule has 2 unspecified atom stereocenters. The summed E-state index contributed by atoms with van der Waals surface area (Å²) in [6, 6.07) is 5.54. The van der Waals surface area contributed by atoms with Crippen molar-refractivity contribution >= 4 is 29.9 Å². The second-order valence-corrected chi connectivity index (χ2v) is 6.29. The van der Waals surface area contributed by atoms with Crippen LogP contribution in [0.3, 0.4) is 0 Å². The number of pyridine rings is 2. The van der Waals surface area contributed by atoms with Crippen LogP contribution >= 0.6 is 24.0 Å². The molecule has 1 fully saturated rings. The van der Waals surface area contributed by atoms with Gasteiger partial charge in [-0.3, -0.25) is 4.79 Å². The van der Waals surface area contributed by atoms with Crippen molar-refractivity contribution in [2.45, 2.75) is 18.6 Å². The van der Waals surface area contributed by atoms with Gasteiger partial charge in [0.15, 0.2) is 0 Å². The smallest absolute Gasteiger partial charge is 0.269 e. The molecule has 3 rings (SSSR count). The van der Waals surface area contributed by atoms with E-state index in [0.717, 1.165) is 6.07 Å². The van der Waals surface area contributed by atoms with E-state index >= 15 is 0 Å². The number of halogens is 5. The molecular formula is C17H17Cl2F3N4O2. The minimum absolute atomic E-state index is 0. The van der Waals surface area contributed by atoms with Gasteiger partial charge in [-0.25, -0.2) is 18.7 Å². The van der Waals surface area contributed by atoms with Crippen molar-refractivity contribution in [3.63, 3.8) is 0 Å². The number of amides is 1. The number of carbonyl (C=O) groups is 1. The van der Waals surface area contributed by atoms with E-state index in [1.807, 2.05) is 0 Å². The zero-order valence-electron chi connectivity index (χ0n) is 14.6. The summed E-state index contributed by atoms with van der Waals surface area (Å²) in [6.07, 6.45) is -4.53. The summed E-state index contributed by atoms with van der Waals surface area (Å²) in [5.74, 6) is -1.42. The molecule has 11 heteroatoms. The molecule has 1 aliphatic heterocycles. The molecule has 0 bridgehead atoms. The summed E-state index contributed by atoms with van der Waals surface area (Å²) in [5.41, 5.74) is 0.941. The molecule has 1 amide bonds. The van der Waals surface area contributed by atoms with E-state index in [1.54, 1.807) is 6.07 Å². The molecule has 2 aromatic heterocycles. The Hall–Kier alpha value is -1.94. The van der Waals surface area contributed by atoms with E-state index in [0.29, 0.717) is 12.1 Å². The van der Waals surface area contributed by atoms with Crippen LogP contribution in [0.1, 0.15) is 22.2 Å². The third-order valence-electron chi connectivity index (χ3n) is 4.03. The second kappa shape index (κ2) is 9.51. The lowest BCUT2D eigenvalue weighted by molar-refractivity contribution is -0.110. The van der Waals surface area contributed by atoms with Gasteiger partial charge in [0, 0.05) is 31.8 Å². The van der Waals surface area contributed by atoms with Crippen molar-refractivity contribution in [2.75, 3.05) is 20.1 Å². The van der Waals surface area contributed by atoms with Crippen molar-refractivity contribution in [1.82, 2.24) is 20.6 Å². The van der Waals surface area contributed by atoms with Crippen LogP contribution in [-0.4, -0.2) is 48.5 Å². The first-order chi connectivity index (χ1) is 12.9. The molecule has 152 valence electrons. The van der Waals surface area contributed by atoms with E-state index in [9.17, 15) is 18.0 Å². The molecule has 0 saturated carbocycles. The zero-order valence-corrected chi connectivity index (χ0v) is 16.2. The van der Waals surface area contributed by atoms with Crippen molar-refractivity contribution < 1.29 is 22.7 Å². The lowest BCUT2D eigenvalue weighted by Crippen LogP contribution is -2.44. The normalized spacial score (nSPS) is 19.2. The topological polar surface area (TPSA) is 76.1 Å². The van der Waals surface area contributed by atoms with Gasteiger partial charge in [-0.1, -0.05) is 11.6 Å². The first kappa shape index (κ1) is 22.4. The number of hydrogen-bond donors (Lipinski definition) is 2. The van der Waals surface area contributed by atoms with Crippen molar-refractivity contribution in [1.29, 1.82) is 0 Å². The van der Waals surface area contributed by atoms with Gasteiger partial charge in [0.1, 0.15) is 17.0 Å². The van der Waals surface area contributed by atoms with Crippen molar-refractivity contribution in [2.24, 2.45) is 0 Å². The fourth-order valence-electron chi connectivity index (χ4n) is 2.75. The lowest BCUT2D eigenvalue weighted by atomic mass is 10.0. The Labute approximate surface area is 170 Å². The van der Waals surface area contributed by atoms with Gasteiger partial charge < -0.3 is 15.4 Å². The largest absolute Gasteiger partial charge is 0.362 e. The number of nitrogens with one attached hydrogen (secondary N) is 2. The molecule has 28 heavy (non-hydrogen) atoms. The van der Waals surface area contributed by atoms with Crippen LogP contribution in [-0.2, 0) is 4.74 Å². The number of nitrogens with zero attached hydrogens (tertiary/aromatic N) is 2. The quantitative estimate of drug-likeness (QED) is 0.720. The molecule has 0 aromatic carbocycles. The highest BCUT2D eigenvalue weighted by Crippen LogP contribution is 2.29. The lowest BCUT2D eigenvalue weighted by Gasteiger charge is -2.30. The summed E-state index contributed by atoms with van der Waals surface area (Å²) < 4.78 is 45.2. The average Bonchev–Trinajstić information content (AvgIpc) is 2.66. The maximum absolute atomic E-state index is 13.8. The first-order valence-electron chi connectivity index (χ1n) is 8.09. The van der Waals surface area contributed by atoms with E-state index in [4.69, 9.17) is 16.3 Å². The molecule has 0 spiro atoms. The molecule has 0 aliphatic carbocycles. The molecular weight excluding hydrogens is 420 g/mol. The summed E-state index contributed by atoms with van der Waals surface area (Å²) in [5, 5.41) is 5.34. The second-order valence-electron chi connectivity index (χ2n) is 5.91. The highest BCUT2D eigenvalue weighted by atomic mass is 35.5. The average molecular weight is 437 g/mol. The molecule has 2 N–H and O–H groups in total. The standard InChI is InChI=1S/C17H16ClF3N4O2.ClH/c1-22-17(26)11-2-8(5-15(19)25-11)10-3-9(4-14(18)24-10)12-6-23-7-13(27-12)16(20)21;/h2-5,12-13,16,23H,6-7H2,1H3,(H,22,26);1H. The molecule has 2 atom stereocenters. The number of carbonyl (C=O) groups excluding carboxylic acids is 1. The Kier molecular flexibility index (Phi) is 7.59. The van der Waals surface area contributed by atoms with Gasteiger partial charge in [0.25, 0.3) is 12.3 Å². The highest BCUT2D eigenvalue weighted by Gasteiger charge is 2.30. The van der Waals surface area contributed by atoms with Gasteiger partial charge in [-0.2, -0.15) is 4.39 Å². The zero-order chi connectivity index (χ0) is 19.6. The Morgan fingerprint density at radius 1 is 1.29 bits per heavy atom. The Morgan fingerprint density at radius 3 is 2.71 bits per heavy atom. The van der Waals surface area contributed by atoms with Crippen molar-refractivity contribution in [3.8, 4) is 11.3 Å². The first-order valence-corrected chi connectivity index (χ1v) is 8.47. The fraction of sp³-hybridized carbons (Fsp3) is 0.353. The number of ether oxygens (including phenoxy) is 1. The van der Waals surface area contributed by atoms with Crippen LogP contribution in [0.25, 0.3) is 11.3 Å². The van der Waals surface area contributed by atoms with Crippen LogP contribution in [0.4, 0.5) is 13.2 Å². The van der Waals surface area contributed by atoms with Crippen LogP contribution in [0.15, 0.2) is 24.3 Å². The van der Waals surface area contributed by atoms with E-state index in [1.165, 1.54) is 19.2 Å². The third kappa shape index (κ3) is 5.11. The number of aromatic nitrogens is 2. The maximum atomic E-state index is 13.8. The van der Waals surface area contributed by atoms with Gasteiger partial charge in [-0.05, 0) is 23.8 Å². The van der Waals surface area contributed by atoms with E-state index in [2.05, 4.69) is 20.6 Å². The minimum atomic E-state index is -2.62. The number of morpholine rings is 1. The van der Waals surface area contributed by atoms with Gasteiger partial charge in [0.05, 0.1) is 11.8 Å². The Morgan fingerprint density at radius 2 is 2.04 bits per heavy atom. The van der Waals surface area contributed by atoms with Crippen molar-refractivity contribution in [3.05, 3.63) is 46.6 Å². The number of hydrogen-bond acceptors (Lipinski definition) is 5. The molecule has 6 nitrogen and oxygen atoms in total. The van der Waals surface area contributed by atoms with Crippen LogP contribution in [0, 0.1) is 5.95 Å². The third-order valence-corrected chi connectivity index (χ3v) is 4.23. The number of alkyl halides is 2. The summed E-state index contributed by atoms with van der Waals surface area (Å²) in [7, 11) is 1.40. The molecule has 3 heterocycles. The SMILES string of the molecule is CNC(=O)c1cc(-c2cc(C3CNCC(C(F)F)O3)cc(Cl)n2)cc(F)n1.Cl. The predicted molar refractivity (Wildman–Crippen MR) is 99.6 cm³/mol. The van der Waals surface area contributed by atoms with E-state index in [-0.39, 0.29) is 41.1 Å². The van der Waals surface area contributed by atoms with Crippen LogP contribution in [0.5, 0.6) is 0 Å². The molecule has 1 aliphatic rings. The summed E-state index contributed by atoms with van der Waals surface area (Å²) in [6.45, 7) is 0.363.